The summed E-state index contributed by atoms with van der Waals surface area (Å²) in [5.74, 6) is 0.895. The number of aromatic nitrogens is 2. The van der Waals surface area contributed by atoms with Crippen LogP contribution in [0.1, 0.15) is 35.0 Å². The highest BCUT2D eigenvalue weighted by Gasteiger charge is 2.18. The predicted molar refractivity (Wildman–Crippen MR) is 114 cm³/mol. The van der Waals surface area contributed by atoms with Crippen LogP contribution < -0.4 is 5.32 Å². The third kappa shape index (κ3) is 4.78. The maximum absolute atomic E-state index is 12.7. The van der Waals surface area contributed by atoms with Crippen molar-refractivity contribution in [2.45, 2.75) is 25.8 Å². The number of carbonyl (C=O) groups is 1. The number of carbonyl (C=O) groups excluding carboxylic acids is 1. The number of rotatable bonds is 7. The number of nitrogens with zero attached hydrogens (tertiary/aromatic N) is 2. The van der Waals surface area contributed by atoms with Gasteiger partial charge in [-0.1, -0.05) is 60.2 Å². The third-order valence-electron chi connectivity index (χ3n) is 4.65. The number of nitrogens with one attached hydrogen (secondary N) is 1. The molecule has 146 valence electrons. The Balaban J connectivity index is 1.43. The normalized spacial score (nSPS) is 11.9. The summed E-state index contributed by atoms with van der Waals surface area (Å²) >= 11 is 1.57. The molecule has 4 aromatic rings. The highest BCUT2D eigenvalue weighted by Crippen LogP contribution is 2.23. The minimum absolute atomic E-state index is 0.0605. The van der Waals surface area contributed by atoms with Crippen LogP contribution in [-0.4, -0.2) is 16.1 Å². The summed E-state index contributed by atoms with van der Waals surface area (Å²) in [7, 11) is 0. The van der Waals surface area contributed by atoms with E-state index in [1.807, 2.05) is 47.2 Å². The molecule has 2 aromatic carbocycles. The Labute approximate surface area is 173 Å². The minimum atomic E-state index is -0.201. The monoisotopic (exact) mass is 403 g/mol. The molecule has 2 heterocycles. The van der Waals surface area contributed by atoms with E-state index >= 15 is 0 Å². The maximum Gasteiger partial charge on any atom is 0.248 e. The van der Waals surface area contributed by atoms with Gasteiger partial charge in [-0.3, -0.25) is 4.79 Å². The minimum Gasteiger partial charge on any atom is -0.421 e. The van der Waals surface area contributed by atoms with Crippen LogP contribution in [0, 0.1) is 6.92 Å². The Bertz CT molecular complexity index is 1060. The molecule has 0 unspecified atom stereocenters. The van der Waals surface area contributed by atoms with E-state index in [4.69, 9.17) is 4.42 Å². The lowest BCUT2D eigenvalue weighted by Gasteiger charge is -2.20. The molecule has 0 aliphatic carbocycles. The van der Waals surface area contributed by atoms with Gasteiger partial charge in [-0.05, 0) is 29.5 Å². The number of amides is 1. The van der Waals surface area contributed by atoms with Gasteiger partial charge in [0.25, 0.3) is 0 Å². The van der Waals surface area contributed by atoms with E-state index < -0.39 is 0 Å². The lowest BCUT2D eigenvalue weighted by molar-refractivity contribution is -0.121. The summed E-state index contributed by atoms with van der Waals surface area (Å²) in [6.07, 6.45) is 0.679. The molecule has 1 N–H and O–H groups in total. The fourth-order valence-corrected chi connectivity index (χ4v) is 3.70. The quantitative estimate of drug-likeness (QED) is 0.474. The van der Waals surface area contributed by atoms with E-state index in [0.29, 0.717) is 18.2 Å². The number of aryl methyl sites for hydroxylation is 2. The van der Waals surface area contributed by atoms with Crippen LogP contribution in [0.15, 0.2) is 75.8 Å². The molecule has 0 aliphatic heterocycles. The molecule has 1 amide bonds. The predicted octanol–water partition coefficient (Wildman–Crippen LogP) is 4.94. The second-order valence-electron chi connectivity index (χ2n) is 6.83. The largest absolute Gasteiger partial charge is 0.421 e. The van der Waals surface area contributed by atoms with Gasteiger partial charge in [-0.25, -0.2) is 0 Å². The standard InChI is InChI=1S/C23H21N3O2S/c1-16-7-9-18(10-8-16)22(17-5-3-2-4-6-17)24-20(27)11-12-21-25-26-23(28-21)19-13-14-29-15-19/h2-10,13-15,22H,11-12H2,1H3,(H,24,27)/t22-/m1/s1. The Morgan fingerprint density at radius 2 is 1.79 bits per heavy atom. The fourth-order valence-electron chi connectivity index (χ4n) is 3.07. The van der Waals surface area contributed by atoms with E-state index in [-0.39, 0.29) is 18.4 Å². The Hall–Kier alpha value is -3.25. The van der Waals surface area contributed by atoms with Crippen molar-refractivity contribution in [3.8, 4) is 11.5 Å². The highest BCUT2D eigenvalue weighted by atomic mass is 32.1. The average molecular weight is 404 g/mol. The van der Waals surface area contributed by atoms with E-state index in [2.05, 4.69) is 46.7 Å². The molecule has 0 spiro atoms. The van der Waals surface area contributed by atoms with Gasteiger partial charge in [0.05, 0.1) is 6.04 Å². The number of hydrogen-bond acceptors (Lipinski definition) is 5. The van der Waals surface area contributed by atoms with Crippen LogP contribution in [0.3, 0.4) is 0 Å². The molecule has 0 saturated heterocycles. The van der Waals surface area contributed by atoms with Crippen LogP contribution in [0.25, 0.3) is 11.5 Å². The zero-order valence-electron chi connectivity index (χ0n) is 16.0. The zero-order valence-corrected chi connectivity index (χ0v) is 16.9. The summed E-state index contributed by atoms with van der Waals surface area (Å²) in [5, 5.41) is 15.2. The maximum atomic E-state index is 12.7. The van der Waals surface area contributed by atoms with Crippen LogP contribution in [0.2, 0.25) is 0 Å². The van der Waals surface area contributed by atoms with Crippen LogP contribution in [0.4, 0.5) is 0 Å². The Kier molecular flexibility index (Phi) is 5.81. The lowest BCUT2D eigenvalue weighted by Crippen LogP contribution is -2.29. The third-order valence-corrected chi connectivity index (χ3v) is 5.33. The molecule has 6 heteroatoms. The van der Waals surface area contributed by atoms with Crippen molar-refractivity contribution in [3.63, 3.8) is 0 Å². The van der Waals surface area contributed by atoms with Crippen LogP contribution >= 0.6 is 11.3 Å². The molecule has 0 radical (unpaired) electrons. The Morgan fingerprint density at radius 1 is 1.03 bits per heavy atom. The summed E-state index contributed by atoms with van der Waals surface area (Å²) in [6.45, 7) is 2.05. The second kappa shape index (κ2) is 8.84. The molecular formula is C23H21N3O2S. The molecular weight excluding hydrogens is 382 g/mol. The van der Waals surface area contributed by atoms with Gasteiger partial charge in [0.2, 0.25) is 17.7 Å². The number of hydrogen-bond donors (Lipinski definition) is 1. The molecule has 0 aliphatic rings. The van der Waals surface area contributed by atoms with Crippen molar-refractivity contribution in [3.05, 3.63) is 94.0 Å². The van der Waals surface area contributed by atoms with E-state index in [0.717, 1.165) is 16.7 Å². The van der Waals surface area contributed by atoms with Gasteiger partial charge < -0.3 is 9.73 Å². The molecule has 29 heavy (non-hydrogen) atoms. The molecule has 4 rings (SSSR count). The van der Waals surface area contributed by atoms with Gasteiger partial charge >= 0.3 is 0 Å². The molecule has 1 atom stereocenters. The first-order valence-electron chi connectivity index (χ1n) is 9.45. The van der Waals surface area contributed by atoms with Crippen LogP contribution in [-0.2, 0) is 11.2 Å². The molecule has 0 saturated carbocycles. The van der Waals surface area contributed by atoms with Crippen molar-refractivity contribution in [1.29, 1.82) is 0 Å². The van der Waals surface area contributed by atoms with Crippen molar-refractivity contribution in [2.24, 2.45) is 0 Å². The molecule has 5 nitrogen and oxygen atoms in total. The van der Waals surface area contributed by atoms with Gasteiger partial charge in [0.1, 0.15) is 0 Å². The SMILES string of the molecule is Cc1ccc([C@H](NC(=O)CCc2nnc(-c3ccsc3)o2)c2ccccc2)cc1. The first kappa shape index (κ1) is 19.1. The Morgan fingerprint density at radius 3 is 2.52 bits per heavy atom. The average Bonchev–Trinajstić information content (AvgIpc) is 3.44. The smallest absolute Gasteiger partial charge is 0.248 e. The topological polar surface area (TPSA) is 68.0 Å². The molecule has 2 aromatic heterocycles. The van der Waals surface area contributed by atoms with E-state index in [9.17, 15) is 4.79 Å². The number of benzene rings is 2. The van der Waals surface area contributed by atoms with Gasteiger partial charge in [0, 0.05) is 23.8 Å². The van der Waals surface area contributed by atoms with Crippen molar-refractivity contribution in [1.82, 2.24) is 15.5 Å². The van der Waals surface area contributed by atoms with Crippen molar-refractivity contribution < 1.29 is 9.21 Å². The van der Waals surface area contributed by atoms with Gasteiger partial charge in [-0.15, -0.1) is 10.2 Å². The van der Waals surface area contributed by atoms with Gasteiger partial charge in [-0.2, -0.15) is 11.3 Å². The first-order chi connectivity index (χ1) is 14.2. The fraction of sp³-hybridized carbons (Fsp3) is 0.174. The molecule has 0 bridgehead atoms. The highest BCUT2D eigenvalue weighted by molar-refractivity contribution is 7.08. The van der Waals surface area contributed by atoms with Crippen LogP contribution in [0.5, 0.6) is 0 Å². The lowest BCUT2D eigenvalue weighted by atomic mass is 9.97. The van der Waals surface area contributed by atoms with E-state index in [1.165, 1.54) is 5.56 Å². The molecule has 0 fully saturated rings. The summed E-state index contributed by atoms with van der Waals surface area (Å²) < 4.78 is 5.67. The zero-order chi connectivity index (χ0) is 20.1. The summed E-state index contributed by atoms with van der Waals surface area (Å²) in [5.41, 5.74) is 4.18. The van der Waals surface area contributed by atoms with Crippen molar-refractivity contribution >= 4 is 17.2 Å². The second-order valence-corrected chi connectivity index (χ2v) is 7.61. The van der Waals surface area contributed by atoms with Crippen molar-refractivity contribution in [2.75, 3.05) is 0 Å². The number of thiophene rings is 1. The first-order valence-corrected chi connectivity index (χ1v) is 10.4. The summed E-state index contributed by atoms with van der Waals surface area (Å²) in [6, 6.07) is 19.9. The van der Waals surface area contributed by atoms with E-state index in [1.54, 1.807) is 11.3 Å². The summed E-state index contributed by atoms with van der Waals surface area (Å²) in [4.78, 5) is 12.7. The van der Waals surface area contributed by atoms with Gasteiger partial charge in [0.15, 0.2) is 0 Å².